The SMILES string of the molecule is O=C(O)C1CN(Cc2ccc(-c3noc(CCC4(c5ccccc5)CCCCO4)n3)cc2)C1. The molecule has 2 fully saturated rings. The molecule has 1 N–H and O–H groups in total. The molecule has 0 saturated carbocycles. The molecule has 172 valence electrons. The fourth-order valence-corrected chi connectivity index (χ4v) is 4.82. The molecule has 33 heavy (non-hydrogen) atoms. The number of benzene rings is 2. The molecule has 5 rings (SSSR count). The van der Waals surface area contributed by atoms with Gasteiger partial charge in [0.05, 0.1) is 11.5 Å². The van der Waals surface area contributed by atoms with Crippen molar-refractivity contribution in [2.45, 2.75) is 44.2 Å². The summed E-state index contributed by atoms with van der Waals surface area (Å²) in [6, 6.07) is 18.5. The van der Waals surface area contributed by atoms with E-state index in [1.165, 1.54) is 5.56 Å². The Morgan fingerprint density at radius 3 is 2.58 bits per heavy atom. The standard InChI is InChI=1S/C26H29N3O4/c30-25(31)21-17-29(18-21)16-19-8-10-20(11-9-19)24-27-23(33-28-24)12-14-26(13-4-5-15-32-26)22-6-2-1-3-7-22/h1-3,6-11,21H,4-5,12-18H2,(H,30,31). The molecule has 1 unspecified atom stereocenters. The van der Waals surface area contributed by atoms with E-state index in [4.69, 9.17) is 14.4 Å². The molecule has 7 heteroatoms. The Labute approximate surface area is 193 Å². The second-order valence-corrected chi connectivity index (χ2v) is 9.10. The van der Waals surface area contributed by atoms with Crippen molar-refractivity contribution in [3.8, 4) is 11.4 Å². The van der Waals surface area contributed by atoms with Gasteiger partial charge in [0, 0.05) is 38.2 Å². The van der Waals surface area contributed by atoms with Crippen molar-refractivity contribution in [2.75, 3.05) is 19.7 Å². The third-order valence-electron chi connectivity index (χ3n) is 6.79. The van der Waals surface area contributed by atoms with E-state index in [2.05, 4.69) is 39.3 Å². The van der Waals surface area contributed by atoms with Crippen molar-refractivity contribution < 1.29 is 19.2 Å². The molecule has 7 nitrogen and oxygen atoms in total. The van der Waals surface area contributed by atoms with Crippen molar-refractivity contribution >= 4 is 5.97 Å². The van der Waals surface area contributed by atoms with Gasteiger partial charge in [-0.1, -0.05) is 59.8 Å². The van der Waals surface area contributed by atoms with Crippen molar-refractivity contribution in [3.05, 3.63) is 71.6 Å². The minimum atomic E-state index is -0.709. The number of nitrogens with zero attached hydrogens (tertiary/aromatic N) is 3. The topological polar surface area (TPSA) is 88.7 Å². The van der Waals surface area contributed by atoms with Gasteiger partial charge in [0.15, 0.2) is 0 Å². The van der Waals surface area contributed by atoms with Gasteiger partial charge >= 0.3 is 5.97 Å². The van der Waals surface area contributed by atoms with Crippen molar-refractivity contribution in [3.63, 3.8) is 0 Å². The monoisotopic (exact) mass is 447 g/mol. The average Bonchev–Trinajstić information content (AvgIpc) is 3.30. The number of aryl methyl sites for hydroxylation is 1. The number of ether oxygens (including phenoxy) is 1. The van der Waals surface area contributed by atoms with E-state index < -0.39 is 5.97 Å². The molecule has 2 saturated heterocycles. The Morgan fingerprint density at radius 1 is 1.09 bits per heavy atom. The van der Waals surface area contributed by atoms with Crippen LogP contribution in [0.15, 0.2) is 59.1 Å². The zero-order valence-electron chi connectivity index (χ0n) is 18.7. The maximum Gasteiger partial charge on any atom is 0.309 e. The van der Waals surface area contributed by atoms with Crippen LogP contribution in [0.3, 0.4) is 0 Å². The highest BCUT2D eigenvalue weighted by atomic mass is 16.5. The zero-order valence-corrected chi connectivity index (χ0v) is 18.7. The molecule has 2 aliphatic heterocycles. The largest absolute Gasteiger partial charge is 0.481 e. The van der Waals surface area contributed by atoms with E-state index in [1.54, 1.807) is 0 Å². The van der Waals surface area contributed by atoms with Crippen LogP contribution in [0.5, 0.6) is 0 Å². The number of aromatic nitrogens is 2. The maximum atomic E-state index is 11.0. The number of carboxylic acids is 1. The van der Waals surface area contributed by atoms with Gasteiger partial charge in [-0.25, -0.2) is 0 Å². The van der Waals surface area contributed by atoms with Gasteiger partial charge in [0.1, 0.15) is 0 Å². The normalized spacial score (nSPS) is 21.6. The summed E-state index contributed by atoms with van der Waals surface area (Å²) >= 11 is 0. The lowest BCUT2D eigenvalue weighted by molar-refractivity contribution is -0.147. The molecular formula is C26H29N3O4. The summed E-state index contributed by atoms with van der Waals surface area (Å²) in [5.74, 6) is 0.268. The quantitative estimate of drug-likeness (QED) is 0.551. The number of rotatable bonds is 8. The fourth-order valence-electron chi connectivity index (χ4n) is 4.82. The first kappa shape index (κ1) is 21.8. The smallest absolute Gasteiger partial charge is 0.309 e. The first-order chi connectivity index (χ1) is 16.1. The van der Waals surface area contributed by atoms with Crippen LogP contribution in [0.4, 0.5) is 0 Å². The molecule has 1 atom stereocenters. The molecule has 1 aromatic heterocycles. The highest BCUT2D eigenvalue weighted by Crippen LogP contribution is 2.39. The van der Waals surface area contributed by atoms with Crippen LogP contribution < -0.4 is 0 Å². The molecule has 0 radical (unpaired) electrons. The Kier molecular flexibility index (Phi) is 6.24. The molecule has 0 aliphatic carbocycles. The molecule has 2 aliphatic rings. The zero-order chi connectivity index (χ0) is 22.7. The average molecular weight is 448 g/mol. The highest BCUT2D eigenvalue weighted by molar-refractivity contribution is 5.71. The number of hydrogen-bond donors (Lipinski definition) is 1. The number of carbonyl (C=O) groups is 1. The van der Waals surface area contributed by atoms with Crippen LogP contribution >= 0.6 is 0 Å². The third-order valence-corrected chi connectivity index (χ3v) is 6.79. The summed E-state index contributed by atoms with van der Waals surface area (Å²) in [5, 5.41) is 13.2. The number of carboxylic acid groups (broad SMARTS) is 1. The van der Waals surface area contributed by atoms with Gasteiger partial charge in [-0.3, -0.25) is 9.69 Å². The summed E-state index contributed by atoms with van der Waals surface area (Å²) in [6.07, 6.45) is 4.74. The highest BCUT2D eigenvalue weighted by Gasteiger charge is 2.35. The van der Waals surface area contributed by atoms with Gasteiger partial charge in [0.25, 0.3) is 0 Å². The third kappa shape index (κ3) is 4.84. The predicted molar refractivity (Wildman–Crippen MR) is 122 cm³/mol. The van der Waals surface area contributed by atoms with Gasteiger partial charge in [-0.2, -0.15) is 4.98 Å². The molecule has 2 aromatic carbocycles. The van der Waals surface area contributed by atoms with Gasteiger partial charge in [-0.05, 0) is 36.8 Å². The van der Waals surface area contributed by atoms with Crippen LogP contribution in [0, 0.1) is 5.92 Å². The molecule has 3 aromatic rings. The molecular weight excluding hydrogens is 418 g/mol. The summed E-state index contributed by atoms with van der Waals surface area (Å²) in [5.41, 5.74) is 2.99. The van der Waals surface area contributed by atoms with Crippen LogP contribution in [0.2, 0.25) is 0 Å². The lowest BCUT2D eigenvalue weighted by Gasteiger charge is -2.37. The van der Waals surface area contributed by atoms with Gasteiger partial charge in [0.2, 0.25) is 11.7 Å². The van der Waals surface area contributed by atoms with Gasteiger partial charge < -0.3 is 14.4 Å². The first-order valence-corrected chi connectivity index (χ1v) is 11.7. The second-order valence-electron chi connectivity index (χ2n) is 9.10. The van der Waals surface area contributed by atoms with E-state index in [-0.39, 0.29) is 11.5 Å². The summed E-state index contributed by atoms with van der Waals surface area (Å²) in [4.78, 5) is 17.7. The summed E-state index contributed by atoms with van der Waals surface area (Å²) in [6.45, 7) is 2.76. The van der Waals surface area contributed by atoms with E-state index in [0.29, 0.717) is 31.2 Å². The van der Waals surface area contributed by atoms with Crippen LogP contribution in [-0.2, 0) is 28.1 Å². The second kappa shape index (κ2) is 9.45. The maximum absolute atomic E-state index is 11.0. The van der Waals surface area contributed by atoms with Crippen LogP contribution in [-0.4, -0.2) is 45.8 Å². The predicted octanol–water partition coefficient (Wildman–Crippen LogP) is 4.28. The molecule has 0 amide bonds. The lowest BCUT2D eigenvalue weighted by Crippen LogP contribution is -2.49. The van der Waals surface area contributed by atoms with E-state index >= 15 is 0 Å². The van der Waals surface area contributed by atoms with Gasteiger partial charge in [-0.15, -0.1) is 0 Å². The van der Waals surface area contributed by atoms with E-state index in [9.17, 15) is 4.79 Å². The summed E-state index contributed by atoms with van der Waals surface area (Å²) in [7, 11) is 0. The van der Waals surface area contributed by atoms with E-state index in [1.807, 2.05) is 30.3 Å². The first-order valence-electron chi connectivity index (χ1n) is 11.7. The minimum absolute atomic E-state index is 0.234. The van der Waals surface area contributed by atoms with Crippen LogP contribution in [0.1, 0.15) is 42.7 Å². The number of aliphatic carboxylic acids is 1. The summed E-state index contributed by atoms with van der Waals surface area (Å²) < 4.78 is 11.9. The van der Waals surface area contributed by atoms with Crippen molar-refractivity contribution in [2.24, 2.45) is 5.92 Å². The Balaban J connectivity index is 1.21. The van der Waals surface area contributed by atoms with Crippen molar-refractivity contribution in [1.29, 1.82) is 0 Å². The van der Waals surface area contributed by atoms with Crippen LogP contribution in [0.25, 0.3) is 11.4 Å². The molecule has 3 heterocycles. The van der Waals surface area contributed by atoms with E-state index in [0.717, 1.165) is 50.0 Å². The number of hydrogen-bond acceptors (Lipinski definition) is 6. The Morgan fingerprint density at radius 2 is 1.88 bits per heavy atom. The Bertz CT molecular complexity index is 1070. The fraction of sp³-hybridized carbons (Fsp3) is 0.423. The molecule has 0 bridgehead atoms. The molecule has 0 spiro atoms. The lowest BCUT2D eigenvalue weighted by atomic mass is 9.82. The number of likely N-dealkylation sites (tertiary alicyclic amines) is 1. The van der Waals surface area contributed by atoms with Crippen molar-refractivity contribution in [1.82, 2.24) is 15.0 Å². The minimum Gasteiger partial charge on any atom is -0.481 e. The Hall–Kier alpha value is -3.03.